The Morgan fingerprint density at radius 1 is 1.16 bits per heavy atom. The number of phenolic OH excluding ortho intramolecular Hbond substituents is 1. The fraction of sp³-hybridized carbons (Fsp3) is 0.424. The number of amides is 1. The highest BCUT2D eigenvalue weighted by Gasteiger charge is 2.46. The minimum Gasteiger partial charge on any atom is -0.507 e. The number of fused-ring (bicyclic) bond motifs is 1. The second-order valence-corrected chi connectivity index (χ2v) is 11.7. The predicted octanol–water partition coefficient (Wildman–Crippen LogP) is 5.02. The molecule has 3 aromatic rings. The smallest absolute Gasteiger partial charge is 0.245 e. The van der Waals surface area contributed by atoms with Crippen molar-refractivity contribution < 1.29 is 23.8 Å². The summed E-state index contributed by atoms with van der Waals surface area (Å²) in [5.74, 6) is 0.954. The minimum absolute atomic E-state index is 0.0171. The van der Waals surface area contributed by atoms with Gasteiger partial charge in [-0.25, -0.2) is 9.37 Å². The summed E-state index contributed by atoms with van der Waals surface area (Å²) >= 11 is 0. The number of piperidine rings is 1. The normalized spacial score (nSPS) is 19.5. The third kappa shape index (κ3) is 5.07. The van der Waals surface area contributed by atoms with Gasteiger partial charge in [-0.2, -0.15) is 4.98 Å². The number of ether oxygens (including phenoxy) is 2. The van der Waals surface area contributed by atoms with Crippen LogP contribution in [0.2, 0.25) is 0 Å². The zero-order chi connectivity index (χ0) is 30.3. The van der Waals surface area contributed by atoms with E-state index in [0.29, 0.717) is 41.5 Å². The van der Waals surface area contributed by atoms with Crippen molar-refractivity contribution in [2.24, 2.45) is 5.41 Å². The quantitative estimate of drug-likeness (QED) is 0.368. The first-order valence-corrected chi connectivity index (χ1v) is 14.9. The van der Waals surface area contributed by atoms with Crippen molar-refractivity contribution in [3.05, 3.63) is 54.9 Å². The lowest BCUT2D eigenvalue weighted by molar-refractivity contribution is -0.139. The van der Waals surface area contributed by atoms with Crippen molar-refractivity contribution in [3.63, 3.8) is 0 Å². The third-order valence-electron chi connectivity index (χ3n) is 9.12. The molecule has 1 N–H and O–H groups in total. The molecule has 1 aromatic heterocycles. The second kappa shape index (κ2) is 11.5. The first-order chi connectivity index (χ1) is 20.8. The number of nitrogens with zero attached hydrogens (tertiary/aromatic N) is 5. The van der Waals surface area contributed by atoms with E-state index in [2.05, 4.69) is 23.0 Å². The predicted molar refractivity (Wildman–Crippen MR) is 166 cm³/mol. The Labute approximate surface area is 251 Å². The van der Waals surface area contributed by atoms with Crippen molar-refractivity contribution in [2.75, 3.05) is 62.8 Å². The van der Waals surface area contributed by atoms with Crippen LogP contribution in [0.1, 0.15) is 31.7 Å². The van der Waals surface area contributed by atoms with E-state index in [9.17, 15) is 9.90 Å². The van der Waals surface area contributed by atoms with Gasteiger partial charge in [0.05, 0.1) is 18.3 Å². The van der Waals surface area contributed by atoms with E-state index in [1.807, 2.05) is 17.9 Å². The molecular weight excluding hydrogens is 549 g/mol. The van der Waals surface area contributed by atoms with E-state index in [1.54, 1.807) is 13.2 Å². The van der Waals surface area contributed by atoms with Gasteiger partial charge < -0.3 is 29.3 Å². The van der Waals surface area contributed by atoms with Crippen LogP contribution >= 0.6 is 0 Å². The molecule has 1 amide bonds. The summed E-state index contributed by atoms with van der Waals surface area (Å²) in [6.45, 7) is 14.3. The number of hydrogen-bond donors (Lipinski definition) is 1. The highest BCUT2D eigenvalue weighted by Crippen LogP contribution is 2.48. The molecule has 1 spiro atoms. The van der Waals surface area contributed by atoms with Crippen LogP contribution in [-0.4, -0.2) is 85.0 Å². The molecule has 1 unspecified atom stereocenters. The van der Waals surface area contributed by atoms with Crippen molar-refractivity contribution in [1.82, 2.24) is 14.9 Å². The maximum atomic E-state index is 15.3. The van der Waals surface area contributed by atoms with Gasteiger partial charge in [-0.15, -0.1) is 0 Å². The molecule has 0 radical (unpaired) electrons. The van der Waals surface area contributed by atoms with Gasteiger partial charge in [0, 0.05) is 62.7 Å². The van der Waals surface area contributed by atoms with Gasteiger partial charge in [0.15, 0.2) is 5.75 Å². The van der Waals surface area contributed by atoms with Crippen molar-refractivity contribution in [1.29, 1.82) is 0 Å². The number of methoxy groups -OCH3 is 1. The molecule has 9 nitrogen and oxygen atoms in total. The summed E-state index contributed by atoms with van der Waals surface area (Å²) in [4.78, 5) is 28.5. The maximum Gasteiger partial charge on any atom is 0.245 e. The van der Waals surface area contributed by atoms with Gasteiger partial charge >= 0.3 is 0 Å². The van der Waals surface area contributed by atoms with E-state index >= 15 is 4.39 Å². The largest absolute Gasteiger partial charge is 0.507 e. The van der Waals surface area contributed by atoms with Crippen molar-refractivity contribution >= 4 is 34.7 Å². The van der Waals surface area contributed by atoms with E-state index < -0.39 is 5.82 Å². The average molecular weight is 588 g/mol. The molecule has 6 rings (SSSR count). The molecule has 1 atom stereocenters. The number of benzene rings is 2. The lowest BCUT2D eigenvalue weighted by Crippen LogP contribution is -2.61. The van der Waals surface area contributed by atoms with Crippen LogP contribution in [0.5, 0.6) is 11.5 Å². The Morgan fingerprint density at radius 2 is 1.93 bits per heavy atom. The van der Waals surface area contributed by atoms with Crippen LogP contribution in [0.3, 0.4) is 0 Å². The van der Waals surface area contributed by atoms with Gasteiger partial charge in [0.2, 0.25) is 11.9 Å². The molecule has 0 bridgehead atoms. The number of rotatable bonds is 8. The Bertz CT molecular complexity index is 1560. The maximum absolute atomic E-state index is 15.3. The molecule has 3 fully saturated rings. The van der Waals surface area contributed by atoms with E-state index in [-0.39, 0.29) is 28.7 Å². The van der Waals surface area contributed by atoms with E-state index in [0.717, 1.165) is 63.2 Å². The van der Waals surface area contributed by atoms with Crippen LogP contribution in [0.15, 0.2) is 43.5 Å². The number of anilines is 2. The van der Waals surface area contributed by atoms with Crippen LogP contribution < -0.4 is 14.5 Å². The van der Waals surface area contributed by atoms with Crippen LogP contribution in [0.25, 0.3) is 28.1 Å². The van der Waals surface area contributed by atoms with Crippen molar-refractivity contribution in [3.8, 4) is 22.6 Å². The molecular formula is C33H38FN5O4. The van der Waals surface area contributed by atoms with Gasteiger partial charge in [-0.05, 0) is 56.0 Å². The summed E-state index contributed by atoms with van der Waals surface area (Å²) in [5, 5.41) is 11.6. The van der Waals surface area contributed by atoms with Crippen LogP contribution in [0.4, 0.5) is 16.2 Å². The third-order valence-corrected chi connectivity index (χ3v) is 9.12. The molecule has 10 heteroatoms. The molecule has 3 aliphatic heterocycles. The zero-order valence-electron chi connectivity index (χ0n) is 24.8. The van der Waals surface area contributed by atoms with E-state index in [4.69, 9.17) is 19.4 Å². The van der Waals surface area contributed by atoms with Gasteiger partial charge in [-0.3, -0.25) is 4.79 Å². The molecule has 3 aliphatic rings. The summed E-state index contributed by atoms with van der Waals surface area (Å²) in [6, 6.07) is 6.18. The number of halogens is 1. The number of hydrogen-bond acceptors (Lipinski definition) is 8. The van der Waals surface area contributed by atoms with Crippen LogP contribution in [-0.2, 0) is 9.53 Å². The summed E-state index contributed by atoms with van der Waals surface area (Å²) < 4.78 is 27.2. The zero-order valence-corrected chi connectivity index (χ0v) is 24.8. The summed E-state index contributed by atoms with van der Waals surface area (Å²) in [6.07, 6.45) is 5.83. The topological polar surface area (TPSA) is 91.3 Å². The minimum atomic E-state index is -0.564. The first kappa shape index (κ1) is 28.9. The first-order valence-electron chi connectivity index (χ1n) is 14.9. The van der Waals surface area contributed by atoms with Gasteiger partial charge in [0.25, 0.3) is 0 Å². The monoisotopic (exact) mass is 587 g/mol. The Morgan fingerprint density at radius 3 is 2.56 bits per heavy atom. The number of carbonyl (C=O) groups excluding carboxylic acids is 1. The lowest BCUT2D eigenvalue weighted by Gasteiger charge is -2.54. The number of phenols is 1. The molecule has 2 aromatic carbocycles. The molecule has 0 aliphatic carbocycles. The molecule has 226 valence electrons. The lowest BCUT2D eigenvalue weighted by atomic mass is 9.72. The van der Waals surface area contributed by atoms with Gasteiger partial charge in [-0.1, -0.05) is 25.3 Å². The average Bonchev–Trinajstić information content (AvgIpc) is 3.49. The van der Waals surface area contributed by atoms with Crippen LogP contribution in [0, 0.1) is 11.2 Å². The summed E-state index contributed by atoms with van der Waals surface area (Å²) in [7, 11) is 1.71. The van der Waals surface area contributed by atoms with Crippen molar-refractivity contribution in [2.45, 2.75) is 32.3 Å². The number of carbonyl (C=O) groups is 1. The highest BCUT2D eigenvalue weighted by atomic mass is 19.1. The SMILES string of the molecule is C=CC(=O)N1CC2(CCN(c3nc(N4CCC(OC)C4)nc4c(OCC)c(-c5c(O)cccc5F)c(C=C)cc34)CC2)C1. The number of likely N-dealkylation sites (tertiary alicyclic amines) is 1. The summed E-state index contributed by atoms with van der Waals surface area (Å²) in [5.41, 5.74) is 1.73. The molecule has 0 saturated carbocycles. The Hall–Kier alpha value is -4.18. The standard InChI is InChI=1S/C33H38FN5O4/c1-5-21-17-23-29(30(43-7-3)27(21)28-24(34)9-8-10-25(28)40)35-32(38-14-11-22(18-38)42-4)36-31(23)37-15-12-33(13-16-37)19-39(20-33)26(41)6-2/h5-6,8-10,17,22,40H,1-2,7,11-16,18-20H2,3-4H3. The molecule has 4 heterocycles. The fourth-order valence-electron chi connectivity index (χ4n) is 6.74. The van der Waals surface area contributed by atoms with E-state index in [1.165, 1.54) is 24.3 Å². The number of aromatic nitrogens is 2. The van der Waals surface area contributed by atoms with Gasteiger partial charge in [0.1, 0.15) is 22.9 Å². The fourth-order valence-corrected chi connectivity index (χ4v) is 6.74. The molecule has 3 saturated heterocycles. The Balaban J connectivity index is 1.48. The number of aromatic hydroxyl groups is 1. The second-order valence-electron chi connectivity index (χ2n) is 11.7. The highest BCUT2D eigenvalue weighted by molar-refractivity contribution is 6.03. The molecule has 43 heavy (non-hydrogen) atoms. The Kier molecular flexibility index (Phi) is 7.72.